The van der Waals surface area contributed by atoms with Crippen LogP contribution in [-0.2, 0) is 28.7 Å². The first kappa shape index (κ1) is 49.8. The molecule has 6 aromatic carbocycles. The summed E-state index contributed by atoms with van der Waals surface area (Å²) in [7, 11) is 0. The van der Waals surface area contributed by atoms with Crippen LogP contribution in [-0.4, -0.2) is 50.2 Å². The number of nitrogens with one attached hydrogen (secondary N) is 2. The number of amides is 2. The van der Waals surface area contributed by atoms with Crippen LogP contribution < -0.4 is 20.1 Å². The quantitative estimate of drug-likeness (QED) is 0.0440. The van der Waals surface area contributed by atoms with Gasteiger partial charge in [-0.05, 0) is 134 Å². The molecule has 7 rings (SSSR count). The molecule has 10 nitrogen and oxygen atoms in total. The molecule has 10 heteroatoms. The monoisotopic (exact) mass is 934 g/mol. The molecule has 0 radical (unpaired) electrons. The van der Waals surface area contributed by atoms with Crippen molar-refractivity contribution in [3.05, 3.63) is 191 Å². The molecule has 1 fully saturated rings. The van der Waals surface area contributed by atoms with Gasteiger partial charge in [0.05, 0.1) is 38.3 Å². The summed E-state index contributed by atoms with van der Waals surface area (Å²) in [6.45, 7) is 5.10. The Balaban J connectivity index is 1.14. The molecule has 1 aliphatic carbocycles. The average molecular weight is 935 g/mol. The molecule has 0 heterocycles. The Kier molecular flexibility index (Phi) is 18.4. The highest BCUT2D eigenvalue weighted by atomic mass is 16.5. The normalized spacial score (nSPS) is 15.6. The Morgan fingerprint density at radius 3 is 1.09 bits per heavy atom. The lowest BCUT2D eigenvalue weighted by molar-refractivity contribution is -0.144. The van der Waals surface area contributed by atoms with E-state index < -0.39 is 23.7 Å². The minimum Gasteiger partial charge on any atom is -0.494 e. The fourth-order valence-corrected chi connectivity index (χ4v) is 8.22. The molecule has 2 N–H and O–H groups in total. The first-order chi connectivity index (χ1) is 34.3. The number of ether oxygens (including phenoxy) is 4. The van der Waals surface area contributed by atoms with Gasteiger partial charge in [0.15, 0.2) is 0 Å². The third-order valence-electron chi connectivity index (χ3n) is 12.0. The molecular weight excluding hydrogens is 877 g/mol. The topological polar surface area (TPSA) is 129 Å². The minimum atomic E-state index is -0.654. The zero-order valence-corrected chi connectivity index (χ0v) is 39.7. The SMILES string of the molecule is CCC(=O)OCCCCOc1ccc(C2C(C(=O)Nc3ccc(C#Cc4ccccc4)cc3)C(c3ccc(OCCCCOC(=O)CC)cc3)C2C(=O)Nc2ccc(C#Cc3ccccc3)cc2)cc1. The van der Waals surface area contributed by atoms with Crippen LogP contribution in [0, 0.1) is 35.5 Å². The van der Waals surface area contributed by atoms with Crippen LogP contribution in [0.3, 0.4) is 0 Å². The van der Waals surface area contributed by atoms with E-state index in [2.05, 4.69) is 34.3 Å². The van der Waals surface area contributed by atoms with Gasteiger partial charge in [0.2, 0.25) is 11.8 Å². The maximum Gasteiger partial charge on any atom is 0.305 e. The Morgan fingerprint density at radius 1 is 0.414 bits per heavy atom. The van der Waals surface area contributed by atoms with Gasteiger partial charge in [-0.15, -0.1) is 0 Å². The van der Waals surface area contributed by atoms with E-state index in [1.165, 1.54) is 0 Å². The van der Waals surface area contributed by atoms with Gasteiger partial charge in [0.1, 0.15) is 11.5 Å². The van der Waals surface area contributed by atoms with Crippen molar-refractivity contribution in [2.24, 2.45) is 11.8 Å². The van der Waals surface area contributed by atoms with Crippen LogP contribution in [0.25, 0.3) is 0 Å². The summed E-state index contributed by atoms with van der Waals surface area (Å²) < 4.78 is 22.5. The second kappa shape index (κ2) is 25.9. The van der Waals surface area contributed by atoms with Crippen molar-refractivity contribution in [2.45, 2.75) is 64.2 Å². The van der Waals surface area contributed by atoms with Crippen LogP contribution in [0.4, 0.5) is 11.4 Å². The summed E-state index contributed by atoms with van der Waals surface area (Å²) in [6.07, 6.45) is 3.45. The molecule has 0 spiro atoms. The smallest absolute Gasteiger partial charge is 0.305 e. The number of benzene rings is 6. The lowest BCUT2D eigenvalue weighted by Gasteiger charge is -2.50. The summed E-state index contributed by atoms with van der Waals surface area (Å²) in [5.41, 5.74) is 6.27. The molecule has 356 valence electrons. The standard InChI is InChI=1S/C60H58N2O8/c1-3-53(63)69-41-13-11-39-67-51-35-27-47(28-36-51)55-57(59(65)61-49-31-23-45(24-32-49)21-19-43-15-7-5-8-16-43)56(48-29-37-52(38-30-48)68-40-12-14-42-70-54(64)4-2)58(55)60(66)62-50-33-25-46(26-34-50)22-20-44-17-9-6-10-18-44/h5-10,15-18,23-38,55-58H,3-4,11-14,39-42H2,1-2H3,(H,61,65)(H,62,66). The molecule has 0 aliphatic heterocycles. The number of unbranched alkanes of at least 4 members (excludes halogenated alkanes) is 2. The number of hydrogen-bond acceptors (Lipinski definition) is 8. The van der Waals surface area contributed by atoms with E-state index in [-0.39, 0.29) is 23.8 Å². The van der Waals surface area contributed by atoms with Gasteiger partial charge in [-0.3, -0.25) is 19.2 Å². The van der Waals surface area contributed by atoms with Crippen molar-refractivity contribution in [3.8, 4) is 35.2 Å². The van der Waals surface area contributed by atoms with Crippen molar-refractivity contribution >= 4 is 35.1 Å². The van der Waals surface area contributed by atoms with Crippen molar-refractivity contribution in [3.63, 3.8) is 0 Å². The van der Waals surface area contributed by atoms with Gasteiger partial charge < -0.3 is 29.6 Å². The first-order valence-corrected chi connectivity index (χ1v) is 24.0. The Bertz CT molecular complexity index is 2570. The fraction of sp³-hybridized carbons (Fsp3) is 0.267. The van der Waals surface area contributed by atoms with Gasteiger partial charge in [0.25, 0.3) is 0 Å². The summed E-state index contributed by atoms with van der Waals surface area (Å²) in [4.78, 5) is 52.6. The summed E-state index contributed by atoms with van der Waals surface area (Å²) >= 11 is 0. The maximum absolute atomic E-state index is 14.8. The minimum absolute atomic E-state index is 0.222. The zero-order valence-electron chi connectivity index (χ0n) is 39.7. The molecule has 0 unspecified atom stereocenters. The van der Waals surface area contributed by atoms with Crippen LogP contribution >= 0.6 is 0 Å². The van der Waals surface area contributed by atoms with Gasteiger partial charge in [0, 0.05) is 58.3 Å². The predicted octanol–water partition coefficient (Wildman–Crippen LogP) is 11.1. The number of esters is 2. The molecular formula is C60H58N2O8. The fourth-order valence-electron chi connectivity index (χ4n) is 8.22. The van der Waals surface area contributed by atoms with Gasteiger partial charge in [-0.25, -0.2) is 0 Å². The number of hydrogen-bond donors (Lipinski definition) is 2. The molecule has 6 aromatic rings. The predicted molar refractivity (Wildman–Crippen MR) is 272 cm³/mol. The second-order valence-electron chi connectivity index (χ2n) is 16.9. The van der Waals surface area contributed by atoms with E-state index in [9.17, 15) is 19.2 Å². The molecule has 1 saturated carbocycles. The van der Waals surface area contributed by atoms with Crippen LogP contribution in [0.15, 0.2) is 158 Å². The number of anilines is 2. The molecule has 70 heavy (non-hydrogen) atoms. The van der Waals surface area contributed by atoms with E-state index >= 15 is 0 Å². The molecule has 2 amide bonds. The number of carbonyl (C=O) groups is 4. The summed E-state index contributed by atoms with van der Waals surface area (Å²) in [6, 6.07) is 49.6. The highest BCUT2D eigenvalue weighted by molar-refractivity contribution is 6.01. The lowest BCUT2D eigenvalue weighted by Crippen LogP contribution is -2.53. The van der Waals surface area contributed by atoms with Crippen molar-refractivity contribution in [1.82, 2.24) is 0 Å². The third kappa shape index (κ3) is 14.5. The van der Waals surface area contributed by atoms with Crippen molar-refractivity contribution in [1.29, 1.82) is 0 Å². The van der Waals surface area contributed by atoms with E-state index in [1.54, 1.807) is 13.8 Å². The van der Waals surface area contributed by atoms with Gasteiger partial charge in [-0.2, -0.15) is 0 Å². The first-order valence-electron chi connectivity index (χ1n) is 24.0. The average Bonchev–Trinajstić information content (AvgIpc) is 3.39. The third-order valence-corrected chi connectivity index (χ3v) is 12.0. The molecule has 0 aromatic heterocycles. The number of rotatable bonds is 20. The lowest BCUT2D eigenvalue weighted by atomic mass is 9.52. The van der Waals surface area contributed by atoms with Crippen LogP contribution in [0.2, 0.25) is 0 Å². The van der Waals surface area contributed by atoms with Crippen LogP contribution in [0.5, 0.6) is 11.5 Å². The van der Waals surface area contributed by atoms with Crippen molar-refractivity contribution < 1.29 is 38.1 Å². The second-order valence-corrected chi connectivity index (χ2v) is 16.9. The van der Waals surface area contributed by atoms with E-state index in [0.717, 1.165) is 33.4 Å². The van der Waals surface area contributed by atoms with Gasteiger partial charge >= 0.3 is 11.9 Å². The molecule has 0 saturated heterocycles. The number of carbonyl (C=O) groups excluding carboxylic acids is 4. The maximum atomic E-state index is 14.8. The Morgan fingerprint density at radius 2 is 0.743 bits per heavy atom. The van der Waals surface area contributed by atoms with E-state index in [0.29, 0.717) is 87.8 Å². The Labute approximate surface area is 411 Å². The highest BCUT2D eigenvalue weighted by Gasteiger charge is 2.58. The van der Waals surface area contributed by atoms with Crippen molar-refractivity contribution in [2.75, 3.05) is 37.1 Å². The zero-order chi connectivity index (χ0) is 48.9. The van der Waals surface area contributed by atoms with E-state index in [1.807, 2.05) is 158 Å². The summed E-state index contributed by atoms with van der Waals surface area (Å²) in [5, 5.41) is 6.35. The van der Waals surface area contributed by atoms with Gasteiger partial charge in [-0.1, -0.05) is 98.2 Å². The summed E-state index contributed by atoms with van der Waals surface area (Å²) in [5.74, 6) is 10.8. The van der Waals surface area contributed by atoms with Crippen LogP contribution in [0.1, 0.15) is 97.6 Å². The van der Waals surface area contributed by atoms with E-state index in [4.69, 9.17) is 18.9 Å². The highest BCUT2D eigenvalue weighted by Crippen LogP contribution is 2.58. The molecule has 1 aliphatic rings. The largest absolute Gasteiger partial charge is 0.494 e. The Hall–Kier alpha value is -8.08. The molecule has 0 bridgehead atoms. The molecule has 0 atom stereocenters.